The van der Waals surface area contributed by atoms with E-state index in [2.05, 4.69) is 20.6 Å². The lowest BCUT2D eigenvalue weighted by atomic mass is 10.2. The number of nitrogens with one attached hydrogen (secondary N) is 2. The number of benzene rings is 2. The Morgan fingerprint density at radius 3 is 2.62 bits per heavy atom. The summed E-state index contributed by atoms with van der Waals surface area (Å²) in [4.78, 5) is 0. The van der Waals surface area contributed by atoms with Crippen molar-refractivity contribution in [2.45, 2.75) is 6.61 Å². The molecule has 0 atom stereocenters. The summed E-state index contributed by atoms with van der Waals surface area (Å²) in [5, 5.41) is 7.16. The van der Waals surface area contributed by atoms with E-state index in [0.717, 1.165) is 5.69 Å². The van der Waals surface area contributed by atoms with E-state index in [-0.39, 0.29) is 16.6 Å². The lowest BCUT2D eigenvalue weighted by Crippen LogP contribution is -2.23. The summed E-state index contributed by atoms with van der Waals surface area (Å²) in [6.07, 6.45) is 1.41. The normalized spacial score (nSPS) is 10.7. The van der Waals surface area contributed by atoms with Crippen molar-refractivity contribution in [2.24, 2.45) is 5.10 Å². The Kier molecular flexibility index (Phi) is 7.10. The number of alkyl halides is 2. The van der Waals surface area contributed by atoms with Gasteiger partial charge in [-0.15, -0.1) is 0 Å². The van der Waals surface area contributed by atoms with Gasteiger partial charge in [0.05, 0.1) is 20.4 Å². The molecule has 9 heteroatoms. The zero-order chi connectivity index (χ0) is 18.9. The third-order valence-corrected chi connectivity index (χ3v) is 3.30. The molecule has 0 saturated carbocycles. The summed E-state index contributed by atoms with van der Waals surface area (Å²) < 4.78 is 39.4. The van der Waals surface area contributed by atoms with Crippen molar-refractivity contribution in [3.63, 3.8) is 0 Å². The topological polar surface area (TPSA) is 64.1 Å². The second-order valence-electron chi connectivity index (χ2n) is 4.84. The van der Waals surface area contributed by atoms with Gasteiger partial charge in [-0.2, -0.15) is 13.9 Å². The van der Waals surface area contributed by atoms with Crippen LogP contribution < -0.4 is 25.0 Å². The highest BCUT2D eigenvalue weighted by Crippen LogP contribution is 2.28. The summed E-state index contributed by atoms with van der Waals surface area (Å²) in [6.45, 7) is -2.95. The third-order valence-electron chi connectivity index (χ3n) is 3.11. The maximum absolute atomic E-state index is 12.4. The average molecular weight is 381 g/mol. The van der Waals surface area contributed by atoms with Crippen molar-refractivity contribution >= 4 is 29.2 Å². The first-order valence-corrected chi connectivity index (χ1v) is 7.79. The number of hydrazone groups is 1. The zero-order valence-electron chi connectivity index (χ0n) is 14.0. The largest absolute Gasteiger partial charge is 0.497 e. The highest BCUT2D eigenvalue weighted by molar-refractivity contribution is 7.80. The Labute approximate surface area is 154 Å². The predicted molar refractivity (Wildman–Crippen MR) is 99.6 cm³/mol. The number of thiocarbonyl (C=S) groups is 1. The first-order valence-electron chi connectivity index (χ1n) is 7.39. The molecule has 0 fully saturated rings. The molecule has 0 aliphatic carbocycles. The van der Waals surface area contributed by atoms with Crippen molar-refractivity contribution in [3.05, 3.63) is 48.0 Å². The van der Waals surface area contributed by atoms with Gasteiger partial charge in [-0.25, -0.2) is 0 Å². The first kappa shape index (κ1) is 19.4. The minimum atomic E-state index is -2.95. The van der Waals surface area contributed by atoms with Gasteiger partial charge in [-0.1, -0.05) is 6.07 Å². The molecule has 6 nitrogen and oxygen atoms in total. The van der Waals surface area contributed by atoms with Crippen molar-refractivity contribution in [1.82, 2.24) is 5.43 Å². The van der Waals surface area contributed by atoms with Crippen LogP contribution in [0, 0.1) is 0 Å². The maximum Gasteiger partial charge on any atom is 0.387 e. The van der Waals surface area contributed by atoms with Gasteiger partial charge in [0.1, 0.15) is 5.75 Å². The molecular weight excluding hydrogens is 364 g/mol. The molecule has 0 aliphatic heterocycles. The number of methoxy groups -OCH3 is 2. The second kappa shape index (κ2) is 9.52. The molecule has 2 aromatic rings. The first-order chi connectivity index (χ1) is 12.5. The van der Waals surface area contributed by atoms with E-state index >= 15 is 0 Å². The van der Waals surface area contributed by atoms with Crippen LogP contribution in [0.25, 0.3) is 0 Å². The van der Waals surface area contributed by atoms with Crippen molar-refractivity contribution < 1.29 is 23.0 Å². The van der Waals surface area contributed by atoms with E-state index in [1.807, 2.05) is 18.2 Å². The van der Waals surface area contributed by atoms with E-state index in [0.29, 0.717) is 11.3 Å². The molecular formula is C17H17F2N3O3S. The number of nitrogens with zero attached hydrogens (tertiary/aromatic N) is 1. The number of ether oxygens (including phenoxy) is 3. The molecule has 0 aromatic heterocycles. The highest BCUT2D eigenvalue weighted by Gasteiger charge is 2.10. The highest BCUT2D eigenvalue weighted by atomic mass is 32.1. The zero-order valence-corrected chi connectivity index (χ0v) is 14.8. The molecule has 0 heterocycles. The molecule has 2 rings (SSSR count). The molecule has 0 bridgehead atoms. The maximum atomic E-state index is 12.4. The fraction of sp³-hybridized carbons (Fsp3) is 0.176. The van der Waals surface area contributed by atoms with Gasteiger partial charge in [0.15, 0.2) is 16.6 Å². The molecule has 0 saturated heterocycles. The van der Waals surface area contributed by atoms with Gasteiger partial charge in [-0.3, -0.25) is 5.43 Å². The van der Waals surface area contributed by atoms with E-state index in [9.17, 15) is 8.78 Å². The fourth-order valence-electron chi connectivity index (χ4n) is 1.99. The number of hydrogen-bond donors (Lipinski definition) is 2. The van der Waals surface area contributed by atoms with E-state index in [4.69, 9.17) is 21.7 Å². The van der Waals surface area contributed by atoms with Gasteiger partial charge < -0.3 is 19.5 Å². The second-order valence-corrected chi connectivity index (χ2v) is 5.25. The van der Waals surface area contributed by atoms with Crippen LogP contribution >= 0.6 is 12.2 Å². The summed E-state index contributed by atoms with van der Waals surface area (Å²) >= 11 is 5.13. The molecule has 138 valence electrons. The van der Waals surface area contributed by atoms with Gasteiger partial charge in [0, 0.05) is 11.8 Å². The lowest BCUT2D eigenvalue weighted by Gasteiger charge is -2.10. The standard InChI is InChI=1S/C17H17F2N3O3S/c1-23-13-5-3-4-12(9-13)21-17(26)22-20-10-11-6-7-14(24-2)15(8-11)25-16(18)19/h3-10,16H,1-2H3,(H2,21,22,26)/b20-10-. The Hall–Kier alpha value is -2.94. The Balaban J connectivity index is 1.97. The molecule has 0 spiro atoms. The molecule has 0 unspecified atom stereocenters. The van der Waals surface area contributed by atoms with Gasteiger partial charge >= 0.3 is 6.61 Å². The average Bonchev–Trinajstić information content (AvgIpc) is 2.61. The summed E-state index contributed by atoms with van der Waals surface area (Å²) in [5.41, 5.74) is 3.89. The molecule has 2 N–H and O–H groups in total. The number of anilines is 1. The van der Waals surface area contributed by atoms with Crippen LogP contribution in [0.2, 0.25) is 0 Å². The van der Waals surface area contributed by atoms with E-state index in [1.165, 1.54) is 25.5 Å². The predicted octanol–water partition coefficient (Wildman–Crippen LogP) is 3.63. The van der Waals surface area contributed by atoms with Crippen LogP contribution in [0.15, 0.2) is 47.6 Å². The van der Waals surface area contributed by atoms with Crippen LogP contribution in [0.1, 0.15) is 5.56 Å². The number of rotatable bonds is 7. The quantitative estimate of drug-likeness (QED) is 0.434. The van der Waals surface area contributed by atoms with Crippen LogP contribution in [-0.2, 0) is 0 Å². The number of hydrogen-bond acceptors (Lipinski definition) is 5. The molecule has 26 heavy (non-hydrogen) atoms. The Morgan fingerprint density at radius 2 is 1.92 bits per heavy atom. The minimum absolute atomic E-state index is 0.0801. The SMILES string of the molecule is COc1cccc(NC(=S)N/N=C\c2ccc(OC)c(OC(F)F)c2)c1. The smallest absolute Gasteiger partial charge is 0.387 e. The van der Waals surface area contributed by atoms with Crippen LogP contribution in [0.5, 0.6) is 17.2 Å². The Morgan fingerprint density at radius 1 is 1.12 bits per heavy atom. The van der Waals surface area contributed by atoms with Crippen LogP contribution in [-0.4, -0.2) is 32.2 Å². The van der Waals surface area contributed by atoms with Crippen molar-refractivity contribution in [1.29, 1.82) is 0 Å². The third kappa shape index (κ3) is 5.85. The van der Waals surface area contributed by atoms with Crippen LogP contribution in [0.4, 0.5) is 14.5 Å². The van der Waals surface area contributed by atoms with Crippen molar-refractivity contribution in [2.75, 3.05) is 19.5 Å². The summed E-state index contributed by atoms with van der Waals surface area (Å²) in [6, 6.07) is 11.7. The van der Waals surface area contributed by atoms with E-state index in [1.54, 1.807) is 19.2 Å². The fourth-order valence-corrected chi connectivity index (χ4v) is 2.16. The van der Waals surface area contributed by atoms with Gasteiger partial charge in [0.2, 0.25) is 0 Å². The Bertz CT molecular complexity index is 788. The van der Waals surface area contributed by atoms with Gasteiger partial charge in [-0.05, 0) is 48.1 Å². The molecule has 0 aliphatic rings. The minimum Gasteiger partial charge on any atom is -0.497 e. The van der Waals surface area contributed by atoms with Gasteiger partial charge in [0.25, 0.3) is 0 Å². The molecule has 0 radical (unpaired) electrons. The molecule has 0 amide bonds. The lowest BCUT2D eigenvalue weighted by molar-refractivity contribution is -0.0512. The summed E-state index contributed by atoms with van der Waals surface area (Å²) in [7, 11) is 2.94. The van der Waals surface area contributed by atoms with E-state index < -0.39 is 6.61 Å². The van der Waals surface area contributed by atoms with Crippen LogP contribution in [0.3, 0.4) is 0 Å². The summed E-state index contributed by atoms with van der Waals surface area (Å²) in [5.74, 6) is 0.806. The monoisotopic (exact) mass is 381 g/mol. The molecule has 2 aromatic carbocycles. The van der Waals surface area contributed by atoms with Crippen molar-refractivity contribution in [3.8, 4) is 17.2 Å². The number of halogens is 2.